The number of ether oxygens (including phenoxy) is 4. The number of nitrogens with zero attached hydrogens (tertiary/aromatic N) is 1. The maximum absolute atomic E-state index is 13.0. The van der Waals surface area contributed by atoms with Crippen LogP contribution in [0.3, 0.4) is 0 Å². The van der Waals surface area contributed by atoms with Crippen molar-refractivity contribution in [1.29, 1.82) is 0 Å². The molecule has 2 aliphatic rings. The molecule has 0 aliphatic carbocycles. The minimum absolute atomic E-state index is 0.00378. The summed E-state index contributed by atoms with van der Waals surface area (Å²) in [5.74, 6) is 1.96. The number of methoxy groups -OCH3 is 1. The molecular formula is C34H40ClN3O7. The molecule has 5 rings (SSSR count). The van der Waals surface area contributed by atoms with Gasteiger partial charge in [0, 0.05) is 70.0 Å². The molecule has 45 heavy (non-hydrogen) atoms. The first kappa shape index (κ1) is 32.4. The number of carbonyl (C=O) groups is 2. The fraction of sp³-hybridized carbons (Fsp3) is 0.412. The minimum Gasteiger partial charge on any atom is -0.497 e. The maximum atomic E-state index is 13.0. The average molecular weight is 638 g/mol. The molecule has 2 aliphatic heterocycles. The van der Waals surface area contributed by atoms with E-state index in [9.17, 15) is 14.7 Å². The lowest BCUT2D eigenvalue weighted by molar-refractivity contribution is -0.118. The second-order valence-corrected chi connectivity index (χ2v) is 11.9. The van der Waals surface area contributed by atoms with Crippen molar-refractivity contribution in [1.82, 2.24) is 15.5 Å². The van der Waals surface area contributed by atoms with Crippen molar-refractivity contribution in [3.05, 3.63) is 82.4 Å². The van der Waals surface area contributed by atoms with Crippen LogP contribution in [0.5, 0.6) is 23.0 Å². The van der Waals surface area contributed by atoms with Crippen LogP contribution in [0.15, 0.2) is 60.7 Å². The van der Waals surface area contributed by atoms with Crippen LogP contribution in [-0.4, -0.2) is 80.0 Å². The van der Waals surface area contributed by atoms with Gasteiger partial charge in [0.25, 0.3) is 5.91 Å². The SMILES string of the molecule is COc1ccc(COc2ccc(C(=O)NCCNC(C)=O)c(OC[C@H](O)CN3CCC4(CC3)Cc3cc(Cl)ccc3O4)c2)cc1. The van der Waals surface area contributed by atoms with Gasteiger partial charge >= 0.3 is 0 Å². The number of fused-ring (bicyclic) bond motifs is 1. The van der Waals surface area contributed by atoms with Crippen LogP contribution in [0, 0.1) is 0 Å². The summed E-state index contributed by atoms with van der Waals surface area (Å²) in [6, 6.07) is 18.3. The molecule has 3 N–H and O–H groups in total. The Kier molecular flexibility index (Phi) is 10.7. The molecule has 1 atom stereocenters. The van der Waals surface area contributed by atoms with Crippen LogP contribution in [-0.2, 0) is 17.8 Å². The fourth-order valence-corrected chi connectivity index (χ4v) is 5.85. The molecule has 3 aromatic carbocycles. The number of rotatable bonds is 13. The number of benzene rings is 3. The summed E-state index contributed by atoms with van der Waals surface area (Å²) in [6.07, 6.45) is 1.76. The second kappa shape index (κ2) is 14.9. The summed E-state index contributed by atoms with van der Waals surface area (Å²) in [7, 11) is 1.62. The van der Waals surface area contributed by atoms with Crippen molar-refractivity contribution in [3.8, 4) is 23.0 Å². The van der Waals surface area contributed by atoms with Gasteiger partial charge in [0.05, 0.1) is 12.7 Å². The number of halogens is 1. The lowest BCUT2D eigenvalue weighted by Crippen LogP contribution is -2.49. The normalized spacial score (nSPS) is 15.9. The number of amides is 2. The fourth-order valence-electron chi connectivity index (χ4n) is 5.66. The lowest BCUT2D eigenvalue weighted by Gasteiger charge is -2.39. The van der Waals surface area contributed by atoms with Crippen molar-refractivity contribution < 1.29 is 33.6 Å². The Morgan fingerprint density at radius 1 is 1.00 bits per heavy atom. The maximum Gasteiger partial charge on any atom is 0.255 e. The van der Waals surface area contributed by atoms with E-state index in [1.54, 1.807) is 25.3 Å². The van der Waals surface area contributed by atoms with E-state index in [0.29, 0.717) is 36.8 Å². The Bertz CT molecular complexity index is 1480. The van der Waals surface area contributed by atoms with Gasteiger partial charge in [-0.1, -0.05) is 23.7 Å². The van der Waals surface area contributed by atoms with Gasteiger partial charge < -0.3 is 39.6 Å². The van der Waals surface area contributed by atoms with Gasteiger partial charge in [-0.25, -0.2) is 0 Å². The van der Waals surface area contributed by atoms with E-state index in [4.69, 9.17) is 30.5 Å². The predicted molar refractivity (Wildman–Crippen MR) is 170 cm³/mol. The topological polar surface area (TPSA) is 119 Å². The van der Waals surface area contributed by atoms with Crippen molar-refractivity contribution in [2.24, 2.45) is 0 Å². The monoisotopic (exact) mass is 637 g/mol. The summed E-state index contributed by atoms with van der Waals surface area (Å²) in [5, 5.41) is 17.1. The van der Waals surface area contributed by atoms with Gasteiger partial charge in [-0.05, 0) is 53.6 Å². The first-order valence-electron chi connectivity index (χ1n) is 15.1. The molecule has 11 heteroatoms. The lowest BCUT2D eigenvalue weighted by atomic mass is 9.87. The summed E-state index contributed by atoms with van der Waals surface area (Å²) in [5.41, 5.74) is 2.18. The smallest absolute Gasteiger partial charge is 0.255 e. The molecule has 2 amide bonds. The van der Waals surface area contributed by atoms with E-state index in [1.807, 2.05) is 42.5 Å². The van der Waals surface area contributed by atoms with E-state index >= 15 is 0 Å². The Labute approximate surface area is 268 Å². The van der Waals surface area contributed by atoms with E-state index < -0.39 is 6.10 Å². The van der Waals surface area contributed by atoms with Gasteiger partial charge in [0.2, 0.25) is 5.91 Å². The van der Waals surface area contributed by atoms with Gasteiger partial charge in [0.1, 0.15) is 47.9 Å². The highest BCUT2D eigenvalue weighted by atomic mass is 35.5. The standard InChI is InChI=1S/C34H40ClN3O7/c1-23(39)36-13-14-37-33(41)30-9-8-29(43-21-24-3-6-28(42-2)7-4-24)18-32(30)44-22-27(40)20-38-15-11-34(12-16-38)19-25-17-26(35)5-10-31(25)45-34/h3-10,17-18,27,40H,11-16,19-22H2,1-2H3,(H,36,39)(H,37,41)/t27-/m1/s1. The van der Waals surface area contributed by atoms with Crippen LogP contribution < -0.4 is 29.6 Å². The first-order valence-corrected chi connectivity index (χ1v) is 15.5. The highest BCUT2D eigenvalue weighted by molar-refractivity contribution is 6.30. The molecule has 1 spiro atoms. The quantitative estimate of drug-likeness (QED) is 0.241. The molecule has 0 saturated carbocycles. The van der Waals surface area contributed by atoms with Gasteiger partial charge in [-0.3, -0.25) is 9.59 Å². The summed E-state index contributed by atoms with van der Waals surface area (Å²) in [4.78, 5) is 26.4. The number of piperidine rings is 1. The summed E-state index contributed by atoms with van der Waals surface area (Å²) < 4.78 is 23.6. The van der Waals surface area contributed by atoms with Gasteiger partial charge in [-0.15, -0.1) is 0 Å². The van der Waals surface area contributed by atoms with E-state index in [1.165, 1.54) is 6.92 Å². The van der Waals surface area contributed by atoms with Crippen molar-refractivity contribution in [3.63, 3.8) is 0 Å². The molecule has 3 aromatic rings. The Morgan fingerprint density at radius 2 is 1.73 bits per heavy atom. The molecule has 1 fully saturated rings. The molecular weight excluding hydrogens is 598 g/mol. The van der Waals surface area contributed by atoms with Crippen LogP contribution in [0.4, 0.5) is 0 Å². The molecule has 0 aromatic heterocycles. The number of β-amino-alcohol motifs (C(OH)–C–C–N with tert-alkyl or cyclic N) is 1. The van der Waals surface area contributed by atoms with Crippen molar-refractivity contribution in [2.45, 2.75) is 44.5 Å². The van der Waals surface area contributed by atoms with Gasteiger partial charge in [-0.2, -0.15) is 0 Å². The number of aliphatic hydroxyl groups excluding tert-OH is 1. The molecule has 0 radical (unpaired) electrons. The molecule has 1 saturated heterocycles. The third-order valence-electron chi connectivity index (χ3n) is 8.08. The first-order chi connectivity index (χ1) is 21.7. The Balaban J connectivity index is 1.17. The van der Waals surface area contributed by atoms with Crippen LogP contribution in [0.2, 0.25) is 5.02 Å². The number of aliphatic hydroxyl groups is 1. The number of hydrogen-bond acceptors (Lipinski definition) is 8. The van der Waals surface area contributed by atoms with Crippen molar-refractivity contribution in [2.75, 3.05) is 46.4 Å². The minimum atomic E-state index is -0.779. The van der Waals surface area contributed by atoms with Gasteiger partial charge in [0.15, 0.2) is 0 Å². The highest BCUT2D eigenvalue weighted by Crippen LogP contribution is 2.42. The zero-order chi connectivity index (χ0) is 31.8. The number of nitrogens with one attached hydrogen (secondary N) is 2. The molecule has 0 unspecified atom stereocenters. The summed E-state index contributed by atoms with van der Waals surface area (Å²) >= 11 is 6.18. The Hall–Kier alpha value is -3.99. The molecule has 10 nitrogen and oxygen atoms in total. The van der Waals surface area contributed by atoms with E-state index in [-0.39, 0.29) is 30.6 Å². The highest BCUT2D eigenvalue weighted by Gasteiger charge is 2.42. The summed E-state index contributed by atoms with van der Waals surface area (Å²) in [6.45, 7) is 4.30. The second-order valence-electron chi connectivity index (χ2n) is 11.5. The van der Waals surface area contributed by atoms with Crippen LogP contribution in [0.1, 0.15) is 41.3 Å². The molecule has 0 bridgehead atoms. The van der Waals surface area contributed by atoms with Crippen LogP contribution in [0.25, 0.3) is 0 Å². The Morgan fingerprint density at radius 3 is 2.47 bits per heavy atom. The van der Waals surface area contributed by atoms with E-state index in [2.05, 4.69) is 15.5 Å². The third-order valence-corrected chi connectivity index (χ3v) is 8.31. The zero-order valence-corrected chi connectivity index (χ0v) is 26.4. The number of likely N-dealkylation sites (tertiary alicyclic amines) is 1. The largest absolute Gasteiger partial charge is 0.497 e. The molecule has 2 heterocycles. The predicted octanol–water partition coefficient (Wildman–Crippen LogP) is 4.00. The zero-order valence-electron chi connectivity index (χ0n) is 25.6. The van der Waals surface area contributed by atoms with E-state index in [0.717, 1.165) is 60.0 Å². The number of carbonyl (C=O) groups excluding carboxylic acids is 2. The van der Waals surface area contributed by atoms with Crippen molar-refractivity contribution >= 4 is 23.4 Å². The number of hydrogen-bond donors (Lipinski definition) is 3. The third kappa shape index (κ3) is 8.81. The molecule has 240 valence electrons. The van der Waals surface area contributed by atoms with Crippen LogP contribution >= 0.6 is 11.6 Å². The average Bonchev–Trinajstić information content (AvgIpc) is 3.39.